The van der Waals surface area contributed by atoms with Gasteiger partial charge in [0.05, 0.1) is 30.8 Å². The van der Waals surface area contributed by atoms with E-state index in [4.69, 9.17) is 9.47 Å². The molecule has 1 aliphatic rings. The zero-order chi connectivity index (χ0) is 24.2. The Kier molecular flexibility index (Phi) is 10.7. The molecule has 7 nitrogen and oxygen atoms in total. The van der Waals surface area contributed by atoms with E-state index in [1.807, 2.05) is 56.7 Å². The molecule has 1 fully saturated rings. The van der Waals surface area contributed by atoms with Crippen molar-refractivity contribution in [2.45, 2.75) is 46.3 Å². The van der Waals surface area contributed by atoms with Gasteiger partial charge in [-0.15, -0.1) is 0 Å². The van der Waals surface area contributed by atoms with Crippen LogP contribution < -0.4 is 0 Å². The molecule has 1 aliphatic heterocycles. The molecular weight excluding hydrogens is 416 g/mol. The van der Waals surface area contributed by atoms with Crippen molar-refractivity contribution in [2.75, 3.05) is 20.3 Å². The molecular formula is C26H36N4O3. The van der Waals surface area contributed by atoms with E-state index in [0.29, 0.717) is 18.0 Å². The number of hydrogen-bond acceptors (Lipinski definition) is 5. The first-order valence-corrected chi connectivity index (χ1v) is 11.4. The Hall–Kier alpha value is -3.03. The molecule has 3 rings (SSSR count). The van der Waals surface area contributed by atoms with Crippen LogP contribution in [-0.4, -0.2) is 52.9 Å². The van der Waals surface area contributed by atoms with Gasteiger partial charge in [-0.3, -0.25) is 9.79 Å². The highest BCUT2D eigenvalue weighted by molar-refractivity contribution is 5.98. The van der Waals surface area contributed by atoms with Gasteiger partial charge in [0.1, 0.15) is 11.5 Å². The smallest absolute Gasteiger partial charge is 0.276 e. The number of imidazole rings is 1. The topological polar surface area (TPSA) is 69.0 Å². The maximum Gasteiger partial charge on any atom is 0.276 e. The van der Waals surface area contributed by atoms with Crippen LogP contribution in [0.1, 0.15) is 49.7 Å². The Morgan fingerprint density at radius 1 is 1.36 bits per heavy atom. The molecule has 0 aliphatic carbocycles. The number of nitrogens with zero attached hydrogens (tertiary/aromatic N) is 4. The summed E-state index contributed by atoms with van der Waals surface area (Å²) in [6.07, 6.45) is 8.58. The number of aliphatic imine (C=N–C) groups is 1. The first kappa shape index (κ1) is 26.2. The molecule has 1 saturated heterocycles. The Morgan fingerprint density at radius 3 is 2.76 bits per heavy atom. The molecule has 2 aromatic rings. The monoisotopic (exact) mass is 452 g/mol. The fourth-order valence-corrected chi connectivity index (χ4v) is 3.51. The molecule has 0 radical (unpaired) electrons. The summed E-state index contributed by atoms with van der Waals surface area (Å²) >= 11 is 0. The summed E-state index contributed by atoms with van der Waals surface area (Å²) in [7, 11) is 3.56. The van der Waals surface area contributed by atoms with Gasteiger partial charge < -0.3 is 18.9 Å². The number of ether oxygens (including phenoxy) is 2. The zero-order valence-corrected chi connectivity index (χ0v) is 20.5. The molecule has 7 heteroatoms. The van der Waals surface area contributed by atoms with Gasteiger partial charge in [-0.25, -0.2) is 4.98 Å². The normalized spacial score (nSPS) is 14.6. The second-order valence-electron chi connectivity index (χ2n) is 7.39. The maximum absolute atomic E-state index is 13.0. The number of carbonyl (C=O) groups is 1. The molecule has 0 saturated carbocycles. The third-order valence-corrected chi connectivity index (χ3v) is 5.35. The highest BCUT2D eigenvalue weighted by Crippen LogP contribution is 2.22. The number of benzene rings is 1. The standard InChI is InChI=1S/C24H30N4O3.C2H6/c1-5-20(15-25-6-2)27(3)24(29)22-16-26-23(28(22)4)19-9-7-8-18(14-19)17-31-21-10-12-30-13-11-21;1-2/h5-9,14-16,21H,2,10-13,17H2,1,3-4H3;1-2H3/b20-5+,25-15?;. The first-order chi connectivity index (χ1) is 16.0. The van der Waals surface area contributed by atoms with Crippen molar-refractivity contribution in [1.29, 1.82) is 0 Å². The van der Waals surface area contributed by atoms with Gasteiger partial charge in [0.15, 0.2) is 0 Å². The molecule has 0 atom stereocenters. The van der Waals surface area contributed by atoms with E-state index < -0.39 is 0 Å². The van der Waals surface area contributed by atoms with Crippen molar-refractivity contribution in [3.63, 3.8) is 0 Å². The second kappa shape index (κ2) is 13.5. The Morgan fingerprint density at radius 2 is 2.09 bits per heavy atom. The van der Waals surface area contributed by atoms with Crippen molar-refractivity contribution in [3.8, 4) is 11.4 Å². The van der Waals surface area contributed by atoms with Gasteiger partial charge in [-0.1, -0.05) is 44.7 Å². The lowest BCUT2D eigenvalue weighted by molar-refractivity contribution is -0.0390. The lowest BCUT2D eigenvalue weighted by Crippen LogP contribution is -2.28. The van der Waals surface area contributed by atoms with E-state index in [1.165, 1.54) is 6.20 Å². The minimum atomic E-state index is -0.163. The third-order valence-electron chi connectivity index (χ3n) is 5.35. The van der Waals surface area contributed by atoms with Crippen molar-refractivity contribution in [2.24, 2.45) is 12.0 Å². The molecule has 1 aromatic heterocycles. The van der Waals surface area contributed by atoms with Crippen LogP contribution in [0.15, 0.2) is 60.0 Å². The van der Waals surface area contributed by atoms with E-state index in [2.05, 4.69) is 22.6 Å². The van der Waals surface area contributed by atoms with Crippen molar-refractivity contribution in [1.82, 2.24) is 14.5 Å². The van der Waals surface area contributed by atoms with Gasteiger partial charge >= 0.3 is 0 Å². The highest BCUT2D eigenvalue weighted by Gasteiger charge is 2.20. The predicted molar refractivity (Wildman–Crippen MR) is 133 cm³/mol. The first-order valence-electron chi connectivity index (χ1n) is 11.4. The van der Waals surface area contributed by atoms with Gasteiger partial charge in [0.2, 0.25) is 0 Å². The Bertz CT molecular complexity index is 972. The lowest BCUT2D eigenvalue weighted by atomic mass is 10.1. The molecule has 2 heterocycles. The molecule has 0 spiro atoms. The van der Waals surface area contributed by atoms with Crippen LogP contribution in [0.4, 0.5) is 0 Å². The third kappa shape index (κ3) is 6.97. The Balaban J connectivity index is 0.00000187. The van der Waals surface area contributed by atoms with Crippen molar-refractivity contribution in [3.05, 3.63) is 66.3 Å². The van der Waals surface area contributed by atoms with Crippen LogP contribution in [0.25, 0.3) is 11.4 Å². The molecule has 0 N–H and O–H groups in total. The van der Waals surface area contributed by atoms with Crippen LogP contribution in [0.2, 0.25) is 0 Å². The van der Waals surface area contributed by atoms with Crippen LogP contribution in [0.3, 0.4) is 0 Å². The average molecular weight is 453 g/mol. The number of allylic oxidation sites excluding steroid dienone is 2. The number of hydrogen-bond donors (Lipinski definition) is 0. The van der Waals surface area contributed by atoms with Crippen molar-refractivity contribution < 1.29 is 14.3 Å². The fourth-order valence-electron chi connectivity index (χ4n) is 3.51. The van der Waals surface area contributed by atoms with Gasteiger partial charge in [0, 0.05) is 39.1 Å². The van der Waals surface area contributed by atoms with E-state index in [-0.39, 0.29) is 12.0 Å². The van der Waals surface area contributed by atoms with E-state index in [9.17, 15) is 4.79 Å². The van der Waals surface area contributed by atoms with Gasteiger partial charge in [0.25, 0.3) is 5.91 Å². The molecule has 1 amide bonds. The van der Waals surface area contributed by atoms with Crippen LogP contribution >= 0.6 is 0 Å². The number of amides is 1. The summed E-state index contributed by atoms with van der Waals surface area (Å²) in [5.41, 5.74) is 3.19. The van der Waals surface area contributed by atoms with Gasteiger partial charge in [-0.2, -0.15) is 0 Å². The number of carbonyl (C=O) groups excluding carboxylic acids is 1. The molecule has 33 heavy (non-hydrogen) atoms. The summed E-state index contributed by atoms with van der Waals surface area (Å²) in [6, 6.07) is 8.09. The lowest BCUT2D eigenvalue weighted by Gasteiger charge is -2.22. The number of rotatable bonds is 8. The summed E-state index contributed by atoms with van der Waals surface area (Å²) in [4.78, 5) is 23.1. The summed E-state index contributed by atoms with van der Waals surface area (Å²) in [5, 5.41) is 0. The highest BCUT2D eigenvalue weighted by atomic mass is 16.5. The minimum absolute atomic E-state index is 0.163. The van der Waals surface area contributed by atoms with E-state index >= 15 is 0 Å². The fraction of sp³-hybridized carbons (Fsp3) is 0.423. The van der Waals surface area contributed by atoms with Crippen LogP contribution in [0, 0.1) is 0 Å². The predicted octanol–water partition coefficient (Wildman–Crippen LogP) is 5.00. The van der Waals surface area contributed by atoms with Crippen LogP contribution in [0.5, 0.6) is 0 Å². The second-order valence-corrected chi connectivity index (χ2v) is 7.39. The SMILES string of the molecule is C=CN=C/C(=C\C)N(C)C(=O)c1cnc(-c2cccc(COC3CCOCC3)c2)n1C.CC. The van der Waals surface area contributed by atoms with E-state index in [0.717, 1.165) is 43.0 Å². The maximum atomic E-state index is 13.0. The summed E-state index contributed by atoms with van der Waals surface area (Å²) in [5.74, 6) is 0.565. The summed E-state index contributed by atoms with van der Waals surface area (Å²) in [6.45, 7) is 11.5. The quantitative estimate of drug-likeness (QED) is 0.529. The average Bonchev–Trinajstić information content (AvgIpc) is 3.25. The zero-order valence-electron chi connectivity index (χ0n) is 20.5. The van der Waals surface area contributed by atoms with Crippen LogP contribution in [-0.2, 0) is 23.1 Å². The van der Waals surface area contributed by atoms with E-state index in [1.54, 1.807) is 24.4 Å². The molecule has 0 bridgehead atoms. The minimum Gasteiger partial charge on any atom is -0.381 e. The largest absolute Gasteiger partial charge is 0.381 e. The van der Waals surface area contributed by atoms with Crippen molar-refractivity contribution >= 4 is 12.1 Å². The molecule has 178 valence electrons. The Labute approximate surface area is 197 Å². The molecule has 1 aromatic carbocycles. The number of aromatic nitrogens is 2. The summed E-state index contributed by atoms with van der Waals surface area (Å²) < 4.78 is 13.2. The van der Waals surface area contributed by atoms with Gasteiger partial charge in [-0.05, 0) is 31.4 Å². The molecule has 0 unspecified atom stereocenters.